The van der Waals surface area contributed by atoms with Gasteiger partial charge in [-0.3, -0.25) is 9.69 Å². The topological polar surface area (TPSA) is 41.6 Å². The van der Waals surface area contributed by atoms with E-state index in [1.165, 1.54) is 12.1 Å². The Morgan fingerprint density at radius 2 is 1.81 bits per heavy atom. The standard InChI is InChI=1S/C20H21Cl2FN2O2/c21-17-6-1-14(11-18(17)22)12-20(26)24-13-19(25-7-9-27-10-8-25)15-2-4-16(23)5-3-15/h1-6,11,19H,7-10,12-13H2,(H,24,26)/t19-/m0/s1. The Labute approximate surface area is 168 Å². The van der Waals surface area contributed by atoms with Crippen molar-refractivity contribution >= 4 is 29.1 Å². The fraction of sp³-hybridized carbons (Fsp3) is 0.350. The maximum Gasteiger partial charge on any atom is 0.224 e. The van der Waals surface area contributed by atoms with Gasteiger partial charge >= 0.3 is 0 Å². The summed E-state index contributed by atoms with van der Waals surface area (Å²) in [5.74, 6) is -0.378. The highest BCUT2D eigenvalue weighted by Gasteiger charge is 2.23. The lowest BCUT2D eigenvalue weighted by molar-refractivity contribution is -0.120. The molecule has 3 rings (SSSR count). The second-order valence-electron chi connectivity index (χ2n) is 6.45. The molecule has 1 aliphatic rings. The molecule has 7 heteroatoms. The van der Waals surface area contributed by atoms with Crippen molar-refractivity contribution in [3.63, 3.8) is 0 Å². The number of carbonyl (C=O) groups is 1. The van der Waals surface area contributed by atoms with Crippen molar-refractivity contribution in [2.45, 2.75) is 12.5 Å². The molecule has 1 atom stereocenters. The first kappa shape index (κ1) is 20.1. The van der Waals surface area contributed by atoms with Crippen LogP contribution >= 0.6 is 23.2 Å². The minimum absolute atomic E-state index is 0.0349. The summed E-state index contributed by atoms with van der Waals surface area (Å²) < 4.78 is 18.7. The van der Waals surface area contributed by atoms with Crippen molar-refractivity contribution < 1.29 is 13.9 Å². The number of benzene rings is 2. The molecule has 0 bridgehead atoms. The third-order valence-corrected chi connectivity index (χ3v) is 5.32. The predicted octanol–water partition coefficient (Wildman–Crippen LogP) is 3.86. The lowest BCUT2D eigenvalue weighted by Gasteiger charge is -2.35. The highest BCUT2D eigenvalue weighted by Crippen LogP contribution is 2.23. The van der Waals surface area contributed by atoms with E-state index in [9.17, 15) is 9.18 Å². The molecule has 0 radical (unpaired) electrons. The number of ether oxygens (including phenoxy) is 1. The average Bonchev–Trinajstić information content (AvgIpc) is 2.67. The SMILES string of the molecule is O=C(Cc1ccc(Cl)c(Cl)c1)NC[C@@H](c1ccc(F)cc1)N1CCOCC1. The first-order valence-corrected chi connectivity index (χ1v) is 9.56. The van der Waals surface area contributed by atoms with Gasteiger partial charge in [-0.1, -0.05) is 41.4 Å². The van der Waals surface area contributed by atoms with E-state index in [1.54, 1.807) is 30.3 Å². The fourth-order valence-electron chi connectivity index (χ4n) is 3.14. The van der Waals surface area contributed by atoms with Gasteiger partial charge in [-0.25, -0.2) is 4.39 Å². The quantitative estimate of drug-likeness (QED) is 0.785. The minimum atomic E-state index is -0.275. The van der Waals surface area contributed by atoms with Gasteiger partial charge in [-0.15, -0.1) is 0 Å². The molecule has 27 heavy (non-hydrogen) atoms. The van der Waals surface area contributed by atoms with Crippen LogP contribution in [0.5, 0.6) is 0 Å². The molecule has 2 aromatic rings. The van der Waals surface area contributed by atoms with Crippen LogP contribution in [-0.4, -0.2) is 43.7 Å². The number of nitrogens with one attached hydrogen (secondary N) is 1. The van der Waals surface area contributed by atoms with Gasteiger partial charge in [0.25, 0.3) is 0 Å². The van der Waals surface area contributed by atoms with Crippen LogP contribution in [0.1, 0.15) is 17.2 Å². The number of rotatable bonds is 6. The Morgan fingerprint density at radius 1 is 1.11 bits per heavy atom. The molecule has 2 aromatic carbocycles. The molecule has 0 aromatic heterocycles. The molecular formula is C20H21Cl2FN2O2. The van der Waals surface area contributed by atoms with Gasteiger partial charge in [0.05, 0.1) is 35.7 Å². The smallest absolute Gasteiger partial charge is 0.224 e. The molecule has 1 amide bonds. The maximum absolute atomic E-state index is 13.3. The molecule has 0 saturated carbocycles. The summed E-state index contributed by atoms with van der Waals surface area (Å²) in [4.78, 5) is 14.6. The van der Waals surface area contributed by atoms with E-state index in [0.29, 0.717) is 29.8 Å². The van der Waals surface area contributed by atoms with E-state index < -0.39 is 0 Å². The van der Waals surface area contributed by atoms with Crippen molar-refractivity contribution in [2.24, 2.45) is 0 Å². The van der Waals surface area contributed by atoms with Crippen molar-refractivity contribution in [1.29, 1.82) is 0 Å². The summed E-state index contributed by atoms with van der Waals surface area (Å²) in [5.41, 5.74) is 1.76. The Hall–Kier alpha value is -1.66. The van der Waals surface area contributed by atoms with Crippen molar-refractivity contribution in [3.8, 4) is 0 Å². The van der Waals surface area contributed by atoms with Crippen LogP contribution in [0.15, 0.2) is 42.5 Å². The van der Waals surface area contributed by atoms with E-state index in [2.05, 4.69) is 10.2 Å². The van der Waals surface area contributed by atoms with E-state index in [1.807, 2.05) is 0 Å². The molecule has 0 aliphatic carbocycles. The van der Waals surface area contributed by atoms with E-state index in [-0.39, 0.29) is 24.2 Å². The fourth-order valence-corrected chi connectivity index (χ4v) is 3.46. The van der Waals surface area contributed by atoms with Crippen LogP contribution in [0.25, 0.3) is 0 Å². The molecule has 144 valence electrons. The minimum Gasteiger partial charge on any atom is -0.379 e. The average molecular weight is 411 g/mol. The first-order chi connectivity index (χ1) is 13.0. The van der Waals surface area contributed by atoms with Crippen molar-refractivity contribution in [1.82, 2.24) is 10.2 Å². The number of halogens is 3. The Balaban J connectivity index is 1.65. The van der Waals surface area contributed by atoms with E-state index in [0.717, 1.165) is 24.2 Å². The summed E-state index contributed by atoms with van der Waals surface area (Å²) in [7, 11) is 0. The highest BCUT2D eigenvalue weighted by atomic mass is 35.5. The number of nitrogens with zero attached hydrogens (tertiary/aromatic N) is 1. The Kier molecular flexibility index (Phi) is 7.07. The molecule has 1 saturated heterocycles. The molecular weight excluding hydrogens is 390 g/mol. The lowest BCUT2D eigenvalue weighted by Crippen LogP contribution is -2.44. The summed E-state index contributed by atoms with van der Waals surface area (Å²) in [6, 6.07) is 11.5. The van der Waals surface area contributed by atoms with Crippen LogP contribution in [0.2, 0.25) is 10.0 Å². The van der Waals surface area contributed by atoms with Gasteiger partial charge in [0.2, 0.25) is 5.91 Å². The second kappa shape index (κ2) is 9.51. The first-order valence-electron chi connectivity index (χ1n) is 8.81. The largest absolute Gasteiger partial charge is 0.379 e. The van der Waals surface area contributed by atoms with Gasteiger partial charge in [0, 0.05) is 19.6 Å². The molecule has 1 fully saturated rings. The zero-order valence-electron chi connectivity index (χ0n) is 14.8. The van der Waals surface area contributed by atoms with Crippen molar-refractivity contribution in [2.75, 3.05) is 32.8 Å². The predicted molar refractivity (Wildman–Crippen MR) is 105 cm³/mol. The molecule has 1 N–H and O–H groups in total. The number of carbonyl (C=O) groups excluding carboxylic acids is 1. The number of hydrogen-bond acceptors (Lipinski definition) is 3. The molecule has 0 unspecified atom stereocenters. The van der Waals surface area contributed by atoms with E-state index >= 15 is 0 Å². The van der Waals surface area contributed by atoms with Gasteiger partial charge in [-0.05, 0) is 35.4 Å². The highest BCUT2D eigenvalue weighted by molar-refractivity contribution is 6.42. The normalized spacial score (nSPS) is 16.1. The second-order valence-corrected chi connectivity index (χ2v) is 7.26. The number of hydrogen-bond donors (Lipinski definition) is 1. The maximum atomic E-state index is 13.3. The molecule has 1 aliphatic heterocycles. The van der Waals surface area contributed by atoms with Gasteiger partial charge in [-0.2, -0.15) is 0 Å². The Bertz CT molecular complexity index is 780. The third kappa shape index (κ3) is 5.66. The summed E-state index contributed by atoms with van der Waals surface area (Å²) in [6.45, 7) is 3.27. The monoisotopic (exact) mass is 410 g/mol. The van der Waals surface area contributed by atoms with E-state index in [4.69, 9.17) is 27.9 Å². The summed E-state index contributed by atoms with van der Waals surface area (Å²) in [5, 5.41) is 3.88. The van der Waals surface area contributed by atoms with Crippen LogP contribution in [0.4, 0.5) is 4.39 Å². The van der Waals surface area contributed by atoms with Crippen molar-refractivity contribution in [3.05, 3.63) is 69.5 Å². The Morgan fingerprint density at radius 3 is 2.48 bits per heavy atom. The molecule has 0 spiro atoms. The van der Waals surface area contributed by atoms with Crippen LogP contribution < -0.4 is 5.32 Å². The van der Waals surface area contributed by atoms with Crippen LogP contribution in [-0.2, 0) is 16.0 Å². The zero-order valence-corrected chi connectivity index (χ0v) is 16.3. The number of morpholine rings is 1. The summed E-state index contributed by atoms with van der Waals surface area (Å²) in [6.07, 6.45) is 0.218. The zero-order chi connectivity index (χ0) is 19.2. The summed E-state index contributed by atoms with van der Waals surface area (Å²) >= 11 is 11.9. The lowest BCUT2D eigenvalue weighted by atomic mass is 10.0. The van der Waals surface area contributed by atoms with Gasteiger partial charge in [0.15, 0.2) is 0 Å². The third-order valence-electron chi connectivity index (χ3n) is 4.58. The number of amides is 1. The molecule has 4 nitrogen and oxygen atoms in total. The van der Waals surface area contributed by atoms with Gasteiger partial charge in [0.1, 0.15) is 5.82 Å². The molecule has 1 heterocycles. The van der Waals surface area contributed by atoms with Gasteiger partial charge < -0.3 is 10.1 Å². The van der Waals surface area contributed by atoms with Crippen LogP contribution in [0, 0.1) is 5.82 Å². The van der Waals surface area contributed by atoms with Crippen LogP contribution in [0.3, 0.4) is 0 Å².